The Morgan fingerprint density at radius 2 is 1.71 bits per heavy atom. The molecule has 2 heterocycles. The summed E-state index contributed by atoms with van der Waals surface area (Å²) >= 11 is 0. The van der Waals surface area contributed by atoms with Gasteiger partial charge < -0.3 is 4.98 Å². The van der Waals surface area contributed by atoms with E-state index in [1.807, 2.05) is 25.1 Å². The first kappa shape index (κ1) is 15.4. The maximum atomic E-state index is 13.1. The number of aromatic amines is 1. The zero-order chi connectivity index (χ0) is 16.5. The van der Waals surface area contributed by atoms with Crippen LogP contribution in [0.1, 0.15) is 36.9 Å². The summed E-state index contributed by atoms with van der Waals surface area (Å²) in [4.78, 5) is 19.1. The third kappa shape index (κ3) is 2.73. The van der Waals surface area contributed by atoms with Crippen molar-refractivity contribution in [2.24, 2.45) is 0 Å². The lowest BCUT2D eigenvalue weighted by Crippen LogP contribution is -2.28. The van der Waals surface area contributed by atoms with Crippen molar-refractivity contribution in [3.8, 4) is 0 Å². The molecule has 0 aliphatic carbocycles. The van der Waals surface area contributed by atoms with Gasteiger partial charge in [0.15, 0.2) is 5.43 Å². The summed E-state index contributed by atoms with van der Waals surface area (Å²) < 4.78 is 0. The third-order valence-corrected chi connectivity index (χ3v) is 5.29. The van der Waals surface area contributed by atoms with Crippen LogP contribution in [0, 0.1) is 6.92 Å². The molecule has 24 heavy (non-hydrogen) atoms. The molecule has 0 spiro atoms. The molecule has 1 N–H and O–H groups in total. The van der Waals surface area contributed by atoms with Gasteiger partial charge in [0.25, 0.3) is 0 Å². The van der Waals surface area contributed by atoms with Crippen molar-refractivity contribution in [3.05, 3.63) is 57.9 Å². The third-order valence-electron chi connectivity index (χ3n) is 5.29. The van der Waals surface area contributed by atoms with E-state index in [1.54, 1.807) is 0 Å². The highest BCUT2D eigenvalue weighted by Crippen LogP contribution is 2.23. The van der Waals surface area contributed by atoms with Crippen molar-refractivity contribution in [1.29, 1.82) is 0 Å². The molecule has 1 aliphatic rings. The van der Waals surface area contributed by atoms with Gasteiger partial charge in [0.05, 0.1) is 5.52 Å². The van der Waals surface area contributed by atoms with E-state index in [2.05, 4.69) is 28.1 Å². The van der Waals surface area contributed by atoms with E-state index in [1.165, 1.54) is 31.1 Å². The molecule has 0 atom stereocenters. The molecule has 1 aromatic heterocycles. The number of hydrogen-bond acceptors (Lipinski definition) is 2. The highest BCUT2D eigenvalue weighted by Gasteiger charge is 2.16. The van der Waals surface area contributed by atoms with Gasteiger partial charge in [-0.05, 0) is 44.3 Å². The van der Waals surface area contributed by atoms with Crippen molar-refractivity contribution in [1.82, 2.24) is 9.88 Å². The number of H-pyrrole nitrogens is 1. The predicted octanol–water partition coefficient (Wildman–Crippen LogP) is 4.37. The number of aromatic nitrogens is 1. The number of aryl methyl sites for hydroxylation is 1. The quantitative estimate of drug-likeness (QED) is 0.712. The number of hydrogen-bond donors (Lipinski definition) is 1. The summed E-state index contributed by atoms with van der Waals surface area (Å²) in [5, 5.41) is 3.10. The molecule has 3 nitrogen and oxygen atoms in total. The first-order chi connectivity index (χ1) is 11.7. The second-order valence-electron chi connectivity index (χ2n) is 6.96. The Labute approximate surface area is 142 Å². The normalized spacial score (nSPS) is 16.5. The molecule has 1 fully saturated rings. The Kier molecular flexibility index (Phi) is 4.11. The molecular weight excluding hydrogens is 296 g/mol. The number of nitrogens with zero attached hydrogens (tertiary/aromatic N) is 1. The van der Waals surface area contributed by atoms with Crippen LogP contribution in [-0.2, 0) is 6.54 Å². The molecular formula is C21H24N2O. The summed E-state index contributed by atoms with van der Waals surface area (Å²) in [6, 6.07) is 12.3. The summed E-state index contributed by atoms with van der Waals surface area (Å²) in [6.07, 6.45) is 5.12. The van der Waals surface area contributed by atoms with Gasteiger partial charge in [-0.2, -0.15) is 0 Å². The van der Waals surface area contributed by atoms with Crippen LogP contribution in [0.4, 0.5) is 0 Å². The van der Waals surface area contributed by atoms with E-state index in [9.17, 15) is 4.79 Å². The van der Waals surface area contributed by atoms with Crippen molar-refractivity contribution in [2.75, 3.05) is 13.1 Å². The van der Waals surface area contributed by atoms with Crippen LogP contribution >= 0.6 is 0 Å². The molecule has 124 valence electrons. The Balaban J connectivity index is 1.82. The van der Waals surface area contributed by atoms with Gasteiger partial charge in [-0.25, -0.2) is 0 Å². The van der Waals surface area contributed by atoms with Gasteiger partial charge >= 0.3 is 0 Å². The molecule has 0 saturated carbocycles. The molecule has 3 aromatic rings. The molecule has 0 amide bonds. The van der Waals surface area contributed by atoms with Crippen molar-refractivity contribution in [3.63, 3.8) is 0 Å². The fourth-order valence-electron chi connectivity index (χ4n) is 3.90. The fourth-order valence-corrected chi connectivity index (χ4v) is 3.90. The Bertz CT molecular complexity index is 934. The van der Waals surface area contributed by atoms with Crippen molar-refractivity contribution in [2.45, 2.75) is 39.2 Å². The number of fused-ring (bicyclic) bond motifs is 3. The van der Waals surface area contributed by atoms with Crippen LogP contribution in [0.2, 0.25) is 0 Å². The van der Waals surface area contributed by atoms with Gasteiger partial charge in [0.1, 0.15) is 0 Å². The Morgan fingerprint density at radius 3 is 2.50 bits per heavy atom. The average molecular weight is 320 g/mol. The number of pyridine rings is 1. The van der Waals surface area contributed by atoms with Crippen LogP contribution in [0.3, 0.4) is 0 Å². The van der Waals surface area contributed by atoms with Crippen LogP contribution in [0.25, 0.3) is 21.7 Å². The lowest BCUT2D eigenvalue weighted by molar-refractivity contribution is 0.275. The summed E-state index contributed by atoms with van der Waals surface area (Å²) in [7, 11) is 0. The topological polar surface area (TPSA) is 36.1 Å². The van der Waals surface area contributed by atoms with Gasteiger partial charge in [-0.15, -0.1) is 0 Å². The Morgan fingerprint density at radius 1 is 0.958 bits per heavy atom. The second kappa shape index (κ2) is 6.40. The lowest BCUT2D eigenvalue weighted by Gasteiger charge is -2.21. The van der Waals surface area contributed by atoms with E-state index in [0.717, 1.165) is 47.2 Å². The molecule has 0 bridgehead atoms. The molecule has 2 aromatic carbocycles. The molecule has 1 saturated heterocycles. The fraction of sp³-hybridized carbons (Fsp3) is 0.381. The van der Waals surface area contributed by atoms with Gasteiger partial charge in [-0.1, -0.05) is 43.2 Å². The SMILES string of the molecule is Cc1[nH]c2c(ccc3ccccc32)c(=O)c1CN1CCCCCC1. The number of rotatable bonds is 2. The zero-order valence-corrected chi connectivity index (χ0v) is 14.3. The highest BCUT2D eigenvalue weighted by atomic mass is 16.1. The minimum Gasteiger partial charge on any atom is -0.358 e. The van der Waals surface area contributed by atoms with E-state index in [0.29, 0.717) is 0 Å². The highest BCUT2D eigenvalue weighted by molar-refractivity contribution is 6.05. The monoisotopic (exact) mass is 320 g/mol. The number of nitrogens with one attached hydrogen (secondary N) is 1. The maximum Gasteiger partial charge on any atom is 0.194 e. The van der Waals surface area contributed by atoms with E-state index < -0.39 is 0 Å². The van der Waals surface area contributed by atoms with Gasteiger partial charge in [0.2, 0.25) is 0 Å². The van der Waals surface area contributed by atoms with Crippen LogP contribution in [-0.4, -0.2) is 23.0 Å². The largest absolute Gasteiger partial charge is 0.358 e. The average Bonchev–Trinajstić information content (AvgIpc) is 2.87. The van der Waals surface area contributed by atoms with Gasteiger partial charge in [0, 0.05) is 28.6 Å². The van der Waals surface area contributed by atoms with Gasteiger partial charge in [-0.3, -0.25) is 9.69 Å². The lowest BCUT2D eigenvalue weighted by atomic mass is 10.0. The van der Waals surface area contributed by atoms with Crippen LogP contribution in [0.5, 0.6) is 0 Å². The number of benzene rings is 2. The standard InChI is InChI=1S/C21H24N2O/c1-15-19(14-23-12-6-2-3-7-13-23)21(24)18-11-10-16-8-4-5-9-17(16)20(18)22-15/h4-5,8-11H,2-3,6-7,12-14H2,1H3,(H,22,24). The molecule has 0 radical (unpaired) electrons. The molecule has 3 heteroatoms. The second-order valence-corrected chi connectivity index (χ2v) is 6.96. The zero-order valence-electron chi connectivity index (χ0n) is 14.3. The molecule has 0 unspecified atom stereocenters. The molecule has 4 rings (SSSR count). The summed E-state index contributed by atoms with van der Waals surface area (Å²) in [5.41, 5.74) is 3.10. The molecule has 1 aliphatic heterocycles. The first-order valence-electron chi connectivity index (χ1n) is 8.99. The van der Waals surface area contributed by atoms with Crippen LogP contribution in [0.15, 0.2) is 41.2 Å². The van der Waals surface area contributed by atoms with Crippen molar-refractivity contribution < 1.29 is 0 Å². The maximum absolute atomic E-state index is 13.1. The van der Waals surface area contributed by atoms with E-state index in [4.69, 9.17) is 0 Å². The van der Waals surface area contributed by atoms with E-state index in [-0.39, 0.29) is 5.43 Å². The smallest absolute Gasteiger partial charge is 0.194 e. The number of likely N-dealkylation sites (tertiary alicyclic amines) is 1. The summed E-state index contributed by atoms with van der Waals surface area (Å²) in [6.45, 7) is 5.02. The summed E-state index contributed by atoms with van der Waals surface area (Å²) in [5.74, 6) is 0. The predicted molar refractivity (Wildman–Crippen MR) is 101 cm³/mol. The minimum atomic E-state index is 0.191. The van der Waals surface area contributed by atoms with E-state index >= 15 is 0 Å². The van der Waals surface area contributed by atoms with Crippen LogP contribution < -0.4 is 5.43 Å². The first-order valence-corrected chi connectivity index (χ1v) is 8.99. The Hall–Kier alpha value is -2.13. The van der Waals surface area contributed by atoms with Crippen molar-refractivity contribution >= 4 is 21.7 Å². The minimum absolute atomic E-state index is 0.191.